The summed E-state index contributed by atoms with van der Waals surface area (Å²) in [4.78, 5) is 2.46. The van der Waals surface area contributed by atoms with Gasteiger partial charge in [-0.2, -0.15) is 5.10 Å². The van der Waals surface area contributed by atoms with Gasteiger partial charge in [-0.3, -0.25) is 9.47 Å². The molecule has 2 fully saturated rings. The van der Waals surface area contributed by atoms with Gasteiger partial charge < -0.3 is 5.11 Å². The van der Waals surface area contributed by atoms with Crippen LogP contribution in [0.15, 0.2) is 0 Å². The van der Waals surface area contributed by atoms with Crippen LogP contribution in [0.1, 0.15) is 57.8 Å². The first-order valence-electron chi connectivity index (χ1n) is 8.61. The van der Waals surface area contributed by atoms with Crippen LogP contribution in [0.2, 0.25) is 0 Å². The summed E-state index contributed by atoms with van der Waals surface area (Å²) in [6.07, 6.45) is 6.17. The highest BCUT2D eigenvalue weighted by molar-refractivity contribution is 7.71. The van der Waals surface area contributed by atoms with Crippen LogP contribution >= 0.6 is 12.2 Å². The standard InChI is InChI=1S/C16H28N4OS/c1-12(2)13-4-3-8-18(9-7-13)11-19-16(22)20(14-5-6-14)15(10-21)17-19/h12-14,21H,3-11H2,1-2H3. The Labute approximate surface area is 137 Å². The summed E-state index contributed by atoms with van der Waals surface area (Å²) in [5.41, 5.74) is 0. The molecule has 3 rings (SSSR count). The van der Waals surface area contributed by atoms with Gasteiger partial charge in [-0.15, -0.1) is 0 Å². The molecule has 1 aromatic heterocycles. The maximum absolute atomic E-state index is 9.52. The lowest BCUT2D eigenvalue weighted by molar-refractivity contribution is 0.205. The van der Waals surface area contributed by atoms with Crippen LogP contribution < -0.4 is 0 Å². The molecule has 1 aliphatic carbocycles. The van der Waals surface area contributed by atoms with Crippen molar-refractivity contribution in [2.45, 2.75) is 65.3 Å². The van der Waals surface area contributed by atoms with Crippen LogP contribution in [0.5, 0.6) is 0 Å². The molecule has 1 unspecified atom stereocenters. The molecule has 1 aromatic rings. The average molecular weight is 324 g/mol. The fourth-order valence-corrected chi connectivity index (χ4v) is 3.90. The van der Waals surface area contributed by atoms with Crippen LogP contribution in [-0.2, 0) is 13.3 Å². The van der Waals surface area contributed by atoms with Crippen molar-refractivity contribution in [3.8, 4) is 0 Å². The molecule has 1 aliphatic heterocycles. The number of nitrogens with zero attached hydrogens (tertiary/aromatic N) is 4. The SMILES string of the molecule is CC(C)C1CCCN(Cn2nc(CO)n(C3CC3)c2=S)CC1. The number of hydrogen-bond donors (Lipinski definition) is 1. The van der Waals surface area contributed by atoms with Crippen LogP contribution in [-0.4, -0.2) is 37.4 Å². The summed E-state index contributed by atoms with van der Waals surface area (Å²) in [6.45, 7) is 7.65. The molecule has 6 heteroatoms. The normalized spacial score (nSPS) is 23.9. The third kappa shape index (κ3) is 3.44. The Morgan fingerprint density at radius 3 is 2.64 bits per heavy atom. The largest absolute Gasteiger partial charge is 0.388 e. The second kappa shape index (κ2) is 6.81. The molecule has 1 saturated heterocycles. The van der Waals surface area contributed by atoms with E-state index in [1.165, 1.54) is 19.3 Å². The van der Waals surface area contributed by atoms with Crippen LogP contribution in [0.4, 0.5) is 0 Å². The molecule has 1 atom stereocenters. The van der Waals surface area contributed by atoms with E-state index in [-0.39, 0.29) is 6.61 Å². The summed E-state index contributed by atoms with van der Waals surface area (Å²) in [5, 5.41) is 14.1. The minimum absolute atomic E-state index is 0.0252. The maximum atomic E-state index is 9.52. The zero-order valence-electron chi connectivity index (χ0n) is 13.7. The Hall–Kier alpha value is -0.720. The zero-order valence-corrected chi connectivity index (χ0v) is 14.6. The second-order valence-electron chi connectivity index (χ2n) is 7.15. The predicted octanol–water partition coefficient (Wildman–Crippen LogP) is 2.96. The molecule has 2 heterocycles. The summed E-state index contributed by atoms with van der Waals surface area (Å²) >= 11 is 5.59. The van der Waals surface area contributed by atoms with Gasteiger partial charge in [0.25, 0.3) is 0 Å². The molecule has 0 spiro atoms. The molecular formula is C16H28N4OS. The zero-order chi connectivity index (χ0) is 15.7. The maximum Gasteiger partial charge on any atom is 0.199 e. The molecule has 0 amide bonds. The third-order valence-corrected chi connectivity index (χ3v) is 5.54. The van der Waals surface area contributed by atoms with Gasteiger partial charge in [0.1, 0.15) is 6.61 Å². The smallest absolute Gasteiger partial charge is 0.199 e. The summed E-state index contributed by atoms with van der Waals surface area (Å²) in [6, 6.07) is 0.470. The van der Waals surface area contributed by atoms with E-state index < -0.39 is 0 Å². The molecule has 0 bridgehead atoms. The van der Waals surface area contributed by atoms with Crippen molar-refractivity contribution in [3.05, 3.63) is 10.6 Å². The Morgan fingerprint density at radius 2 is 2.00 bits per heavy atom. The average Bonchev–Trinajstić information content (AvgIpc) is 3.29. The van der Waals surface area contributed by atoms with Gasteiger partial charge in [0.15, 0.2) is 10.6 Å². The summed E-state index contributed by atoms with van der Waals surface area (Å²) in [7, 11) is 0. The highest BCUT2D eigenvalue weighted by Gasteiger charge is 2.28. The predicted molar refractivity (Wildman–Crippen MR) is 89.0 cm³/mol. The Morgan fingerprint density at radius 1 is 1.23 bits per heavy atom. The molecule has 5 nitrogen and oxygen atoms in total. The number of rotatable bonds is 5. The monoisotopic (exact) mass is 324 g/mol. The lowest BCUT2D eigenvalue weighted by Crippen LogP contribution is -2.28. The number of aliphatic hydroxyl groups is 1. The number of aliphatic hydroxyl groups excluding tert-OH is 1. The van der Waals surface area contributed by atoms with Gasteiger partial charge in [-0.05, 0) is 62.7 Å². The van der Waals surface area contributed by atoms with Crippen molar-refractivity contribution in [3.63, 3.8) is 0 Å². The van der Waals surface area contributed by atoms with E-state index >= 15 is 0 Å². The minimum atomic E-state index is -0.0252. The van der Waals surface area contributed by atoms with Gasteiger partial charge in [-0.25, -0.2) is 4.68 Å². The third-order valence-electron chi connectivity index (χ3n) is 5.14. The lowest BCUT2D eigenvalue weighted by Gasteiger charge is -2.21. The second-order valence-corrected chi connectivity index (χ2v) is 7.52. The van der Waals surface area contributed by atoms with E-state index in [2.05, 4.69) is 28.4 Å². The minimum Gasteiger partial charge on any atom is -0.388 e. The van der Waals surface area contributed by atoms with E-state index in [1.807, 2.05) is 4.68 Å². The molecule has 124 valence electrons. The highest BCUT2D eigenvalue weighted by Crippen LogP contribution is 2.36. The number of hydrogen-bond acceptors (Lipinski definition) is 4. The van der Waals surface area contributed by atoms with Crippen molar-refractivity contribution in [1.82, 2.24) is 19.2 Å². The Balaban J connectivity index is 1.69. The van der Waals surface area contributed by atoms with E-state index in [4.69, 9.17) is 12.2 Å². The molecule has 22 heavy (non-hydrogen) atoms. The van der Waals surface area contributed by atoms with Crippen LogP contribution in [0.3, 0.4) is 0 Å². The van der Waals surface area contributed by atoms with Gasteiger partial charge in [-0.1, -0.05) is 13.8 Å². The fourth-order valence-electron chi connectivity index (χ4n) is 3.54. The van der Waals surface area contributed by atoms with Gasteiger partial charge in [0.2, 0.25) is 0 Å². The first-order valence-corrected chi connectivity index (χ1v) is 9.02. The molecular weight excluding hydrogens is 296 g/mol. The molecule has 0 radical (unpaired) electrons. The summed E-state index contributed by atoms with van der Waals surface area (Å²) in [5.74, 6) is 2.34. The highest BCUT2D eigenvalue weighted by atomic mass is 32.1. The number of likely N-dealkylation sites (tertiary alicyclic amines) is 1. The Bertz CT molecular complexity index is 561. The van der Waals surface area contributed by atoms with Crippen molar-refractivity contribution in [2.24, 2.45) is 11.8 Å². The van der Waals surface area contributed by atoms with Crippen molar-refractivity contribution in [2.75, 3.05) is 13.1 Å². The van der Waals surface area contributed by atoms with E-state index in [1.54, 1.807) is 0 Å². The van der Waals surface area contributed by atoms with Gasteiger partial charge >= 0.3 is 0 Å². The first-order chi connectivity index (χ1) is 10.6. The lowest BCUT2D eigenvalue weighted by atomic mass is 9.89. The molecule has 1 saturated carbocycles. The molecule has 1 N–H and O–H groups in total. The van der Waals surface area contributed by atoms with Crippen LogP contribution in [0, 0.1) is 16.6 Å². The fraction of sp³-hybridized carbons (Fsp3) is 0.875. The first kappa shape index (κ1) is 16.1. The van der Waals surface area contributed by atoms with E-state index in [0.29, 0.717) is 6.04 Å². The molecule has 0 aromatic carbocycles. The van der Waals surface area contributed by atoms with Crippen molar-refractivity contribution >= 4 is 12.2 Å². The topological polar surface area (TPSA) is 46.2 Å². The number of aromatic nitrogens is 3. The van der Waals surface area contributed by atoms with Crippen LogP contribution in [0.25, 0.3) is 0 Å². The van der Waals surface area contributed by atoms with E-state index in [9.17, 15) is 5.11 Å². The quantitative estimate of drug-likeness (QED) is 0.846. The summed E-state index contributed by atoms with van der Waals surface area (Å²) < 4.78 is 4.75. The Kier molecular flexibility index (Phi) is 5.00. The van der Waals surface area contributed by atoms with Gasteiger partial charge in [0, 0.05) is 12.6 Å². The molecule has 2 aliphatic rings. The van der Waals surface area contributed by atoms with Crippen molar-refractivity contribution in [1.29, 1.82) is 0 Å². The van der Waals surface area contributed by atoms with Crippen molar-refractivity contribution < 1.29 is 5.11 Å². The van der Waals surface area contributed by atoms with E-state index in [0.717, 1.165) is 55.0 Å². The van der Waals surface area contributed by atoms with Gasteiger partial charge in [0.05, 0.1) is 6.67 Å².